The maximum Gasteiger partial charge on any atom is 0.426 e. The first-order valence-electron chi connectivity index (χ1n) is 5.69. The van der Waals surface area contributed by atoms with E-state index in [1.807, 2.05) is 0 Å². The van der Waals surface area contributed by atoms with Crippen LogP contribution in [-0.2, 0) is 11.2 Å². The molecule has 1 fully saturated rings. The topological polar surface area (TPSA) is 60.9 Å². The Bertz CT molecular complexity index is 527. The first-order valence-corrected chi connectivity index (χ1v) is 5.69. The number of nitrogens with zero attached hydrogens (tertiary/aromatic N) is 2. The fourth-order valence-electron chi connectivity index (χ4n) is 1.91. The molecule has 19 heavy (non-hydrogen) atoms. The fraction of sp³-hybridized carbons (Fsp3) is 0.231. The summed E-state index contributed by atoms with van der Waals surface area (Å²) in [6, 6.07) is 5.54. The minimum atomic E-state index is -1.19. The van der Waals surface area contributed by atoms with Gasteiger partial charge in [-0.2, -0.15) is 0 Å². The Labute approximate surface area is 109 Å². The Morgan fingerprint density at radius 3 is 2.37 bits per heavy atom. The molecule has 2 rings (SSSR count). The third-order valence-corrected chi connectivity index (χ3v) is 2.82. The maximum atomic E-state index is 12.8. The molecule has 0 bridgehead atoms. The van der Waals surface area contributed by atoms with Gasteiger partial charge in [0, 0.05) is 0 Å². The summed E-state index contributed by atoms with van der Waals surface area (Å²) >= 11 is 0. The van der Waals surface area contributed by atoms with Gasteiger partial charge in [-0.25, -0.2) is 19.2 Å². The average Bonchev–Trinajstić information content (AvgIpc) is 2.74. The lowest BCUT2D eigenvalue weighted by Gasteiger charge is -2.24. The molecule has 1 saturated heterocycles. The molecule has 1 aliphatic heterocycles. The molecule has 5 nitrogen and oxygen atoms in total. The van der Waals surface area contributed by atoms with Crippen molar-refractivity contribution in [2.75, 3.05) is 13.1 Å². The van der Waals surface area contributed by atoms with Crippen LogP contribution in [0.2, 0.25) is 0 Å². The van der Waals surface area contributed by atoms with Gasteiger partial charge in [-0.1, -0.05) is 18.7 Å². The van der Waals surface area contributed by atoms with Crippen LogP contribution in [0.4, 0.5) is 9.18 Å². The number of rotatable bonds is 2. The Hall–Kier alpha value is -2.37. The van der Waals surface area contributed by atoms with Crippen LogP contribution in [0.5, 0.6) is 0 Å². The van der Waals surface area contributed by atoms with Crippen molar-refractivity contribution < 1.29 is 19.1 Å². The summed E-state index contributed by atoms with van der Waals surface area (Å²) in [6.45, 7) is 4.02. The molecule has 1 aromatic carbocycles. The van der Waals surface area contributed by atoms with Crippen molar-refractivity contribution in [1.82, 2.24) is 10.0 Å². The van der Waals surface area contributed by atoms with E-state index in [2.05, 4.69) is 6.58 Å². The van der Waals surface area contributed by atoms with Gasteiger partial charge in [0.15, 0.2) is 0 Å². The van der Waals surface area contributed by atoms with Gasteiger partial charge in [0.05, 0.1) is 19.5 Å². The number of halogens is 1. The third kappa shape index (κ3) is 2.90. The molecule has 6 heteroatoms. The van der Waals surface area contributed by atoms with Crippen LogP contribution in [0, 0.1) is 5.82 Å². The van der Waals surface area contributed by atoms with Crippen LogP contribution in [0.25, 0.3) is 0 Å². The van der Waals surface area contributed by atoms with E-state index in [-0.39, 0.29) is 31.2 Å². The highest BCUT2D eigenvalue weighted by Gasteiger charge is 2.32. The molecular formula is C13H13FN2O3. The van der Waals surface area contributed by atoms with Crippen LogP contribution >= 0.6 is 0 Å². The largest absolute Gasteiger partial charge is 0.464 e. The van der Waals surface area contributed by atoms with Crippen molar-refractivity contribution >= 4 is 12.0 Å². The molecule has 0 aliphatic carbocycles. The van der Waals surface area contributed by atoms with Gasteiger partial charge in [-0.15, -0.1) is 0 Å². The molecule has 2 amide bonds. The van der Waals surface area contributed by atoms with Crippen LogP contribution in [0.15, 0.2) is 36.4 Å². The van der Waals surface area contributed by atoms with Crippen molar-refractivity contribution in [3.8, 4) is 0 Å². The van der Waals surface area contributed by atoms with E-state index in [1.54, 1.807) is 0 Å². The van der Waals surface area contributed by atoms with Crippen LogP contribution < -0.4 is 0 Å². The van der Waals surface area contributed by atoms with Crippen molar-refractivity contribution in [2.24, 2.45) is 0 Å². The molecule has 0 saturated carbocycles. The van der Waals surface area contributed by atoms with Crippen LogP contribution in [-0.4, -0.2) is 40.2 Å². The predicted octanol–water partition coefficient (Wildman–Crippen LogP) is 1.66. The summed E-state index contributed by atoms with van der Waals surface area (Å²) in [4.78, 5) is 23.0. The lowest BCUT2D eigenvalue weighted by Crippen LogP contribution is -2.44. The highest BCUT2D eigenvalue weighted by Crippen LogP contribution is 2.16. The molecule has 1 N–H and O–H groups in total. The van der Waals surface area contributed by atoms with Gasteiger partial charge in [0.2, 0.25) is 5.91 Å². The lowest BCUT2D eigenvalue weighted by molar-refractivity contribution is -0.140. The Kier molecular flexibility index (Phi) is 3.50. The number of carbonyl (C=O) groups excluding carboxylic acids is 1. The van der Waals surface area contributed by atoms with Crippen LogP contribution in [0.1, 0.15) is 5.56 Å². The second-order valence-corrected chi connectivity index (χ2v) is 4.34. The van der Waals surface area contributed by atoms with E-state index in [0.717, 1.165) is 10.0 Å². The number of carboxylic acid groups (broad SMARTS) is 1. The smallest absolute Gasteiger partial charge is 0.426 e. The number of amides is 2. The number of carbonyl (C=O) groups is 2. The second kappa shape index (κ2) is 5.09. The van der Waals surface area contributed by atoms with E-state index in [0.29, 0.717) is 11.1 Å². The Morgan fingerprint density at radius 1 is 1.21 bits per heavy atom. The van der Waals surface area contributed by atoms with Gasteiger partial charge in [-0.05, 0) is 23.3 Å². The Morgan fingerprint density at radius 2 is 1.79 bits per heavy atom. The third-order valence-electron chi connectivity index (χ3n) is 2.82. The van der Waals surface area contributed by atoms with Crippen molar-refractivity contribution in [2.45, 2.75) is 6.42 Å². The van der Waals surface area contributed by atoms with Gasteiger partial charge >= 0.3 is 6.09 Å². The quantitative estimate of drug-likeness (QED) is 0.826. The monoisotopic (exact) mass is 264 g/mol. The minimum absolute atomic E-state index is 0.0251. The zero-order valence-electron chi connectivity index (χ0n) is 10.2. The van der Waals surface area contributed by atoms with Gasteiger partial charge in [-0.3, -0.25) is 4.79 Å². The summed E-state index contributed by atoms with van der Waals surface area (Å²) in [6.07, 6.45) is -1.16. The highest BCUT2D eigenvalue weighted by atomic mass is 19.1. The van der Waals surface area contributed by atoms with E-state index < -0.39 is 6.09 Å². The van der Waals surface area contributed by atoms with Crippen molar-refractivity contribution in [3.05, 3.63) is 47.8 Å². The summed E-state index contributed by atoms with van der Waals surface area (Å²) in [5.74, 6) is -0.731. The number of hydrogen-bond donors (Lipinski definition) is 1. The zero-order valence-corrected chi connectivity index (χ0v) is 10.2. The molecule has 0 aromatic heterocycles. The number of hydrogen-bond acceptors (Lipinski definition) is 2. The SMILES string of the molecule is C=C1CN(C(=O)O)N(C(=O)Cc2ccc(F)cc2)C1. The summed E-state index contributed by atoms with van der Waals surface area (Å²) in [7, 11) is 0. The standard InChI is InChI=1S/C13H13FN2O3/c1-9-7-15(16(8-9)13(18)19)12(17)6-10-2-4-11(14)5-3-10/h2-5H,1,6-8H2,(H,18,19). The lowest BCUT2D eigenvalue weighted by atomic mass is 10.1. The summed E-state index contributed by atoms with van der Waals surface area (Å²) < 4.78 is 12.8. The molecule has 1 aromatic rings. The molecule has 0 spiro atoms. The van der Waals surface area contributed by atoms with E-state index in [4.69, 9.17) is 5.11 Å². The molecule has 0 radical (unpaired) electrons. The van der Waals surface area contributed by atoms with E-state index in [9.17, 15) is 14.0 Å². The summed E-state index contributed by atoms with van der Waals surface area (Å²) in [5, 5.41) is 11.1. The zero-order chi connectivity index (χ0) is 14.0. The highest BCUT2D eigenvalue weighted by molar-refractivity contribution is 5.82. The average molecular weight is 264 g/mol. The Balaban J connectivity index is 2.08. The molecule has 1 heterocycles. The van der Waals surface area contributed by atoms with Crippen molar-refractivity contribution in [1.29, 1.82) is 0 Å². The van der Waals surface area contributed by atoms with Crippen LogP contribution in [0.3, 0.4) is 0 Å². The molecule has 0 atom stereocenters. The van der Waals surface area contributed by atoms with Crippen molar-refractivity contribution in [3.63, 3.8) is 0 Å². The normalized spacial score (nSPS) is 14.9. The number of hydrazine groups is 1. The van der Waals surface area contributed by atoms with Gasteiger partial charge in [0.25, 0.3) is 0 Å². The predicted molar refractivity (Wildman–Crippen MR) is 65.7 cm³/mol. The first-order chi connectivity index (χ1) is 8.97. The molecule has 0 unspecified atom stereocenters. The van der Waals surface area contributed by atoms with E-state index in [1.165, 1.54) is 24.3 Å². The summed E-state index contributed by atoms with van der Waals surface area (Å²) in [5.41, 5.74) is 1.30. The molecule has 1 aliphatic rings. The molecule has 100 valence electrons. The van der Waals surface area contributed by atoms with Gasteiger partial charge < -0.3 is 5.11 Å². The number of benzene rings is 1. The molecular weight excluding hydrogens is 251 g/mol. The maximum absolute atomic E-state index is 12.8. The van der Waals surface area contributed by atoms with E-state index >= 15 is 0 Å². The first kappa shape index (κ1) is 13.1. The fourth-order valence-corrected chi connectivity index (χ4v) is 1.91. The van der Waals surface area contributed by atoms with Gasteiger partial charge in [0.1, 0.15) is 5.82 Å². The minimum Gasteiger partial charge on any atom is -0.464 e. The second-order valence-electron chi connectivity index (χ2n) is 4.34.